The lowest BCUT2D eigenvalue weighted by molar-refractivity contribution is 0.102. The van der Waals surface area contributed by atoms with Gasteiger partial charge < -0.3 is 0 Å². The number of ketones is 1. The highest BCUT2D eigenvalue weighted by atomic mass is 32.2. The Hall–Kier alpha value is -3.62. The van der Waals surface area contributed by atoms with Gasteiger partial charge in [-0.15, -0.1) is 0 Å². The molecule has 4 rings (SSSR count). The van der Waals surface area contributed by atoms with Crippen molar-refractivity contribution in [1.82, 2.24) is 4.98 Å². The lowest BCUT2D eigenvalue weighted by atomic mass is 10.1. The Labute approximate surface area is 195 Å². The fourth-order valence-corrected chi connectivity index (χ4v) is 5.08. The Bertz CT molecular complexity index is 1410. The number of thiazole rings is 1. The molecular formula is C25H20N2O4S2. The number of hydrogen-bond donors (Lipinski definition) is 1. The van der Waals surface area contributed by atoms with Crippen molar-refractivity contribution in [1.29, 1.82) is 0 Å². The second kappa shape index (κ2) is 9.48. The van der Waals surface area contributed by atoms with E-state index in [9.17, 15) is 18.0 Å². The van der Waals surface area contributed by atoms with Crippen molar-refractivity contribution in [3.8, 4) is 11.3 Å². The van der Waals surface area contributed by atoms with Gasteiger partial charge in [-0.25, -0.2) is 13.4 Å². The van der Waals surface area contributed by atoms with Crippen molar-refractivity contribution in [2.45, 2.75) is 11.8 Å². The van der Waals surface area contributed by atoms with Crippen molar-refractivity contribution in [2.75, 3.05) is 11.1 Å². The molecule has 0 aliphatic heterocycles. The van der Waals surface area contributed by atoms with E-state index in [4.69, 9.17) is 0 Å². The van der Waals surface area contributed by atoms with Crippen LogP contribution in [0.2, 0.25) is 0 Å². The Morgan fingerprint density at radius 1 is 0.879 bits per heavy atom. The highest BCUT2D eigenvalue weighted by Gasteiger charge is 2.22. The van der Waals surface area contributed by atoms with Crippen molar-refractivity contribution < 1.29 is 18.0 Å². The van der Waals surface area contributed by atoms with Crippen LogP contribution in [0.15, 0.2) is 89.8 Å². The average molecular weight is 477 g/mol. The minimum Gasteiger partial charge on any atom is -0.298 e. The van der Waals surface area contributed by atoms with Crippen molar-refractivity contribution in [3.05, 3.63) is 101 Å². The summed E-state index contributed by atoms with van der Waals surface area (Å²) in [5.74, 6) is -0.755. The fourth-order valence-electron chi connectivity index (χ4n) is 3.21. The van der Waals surface area contributed by atoms with E-state index in [1.807, 2.05) is 36.4 Å². The van der Waals surface area contributed by atoms with E-state index < -0.39 is 15.7 Å². The zero-order valence-corrected chi connectivity index (χ0v) is 19.3. The fraction of sp³-hybridized carbons (Fsp3) is 0.0800. The first kappa shape index (κ1) is 22.6. The van der Waals surface area contributed by atoms with Crippen LogP contribution in [0.4, 0.5) is 5.13 Å². The lowest BCUT2D eigenvalue weighted by Gasteiger charge is -2.05. The van der Waals surface area contributed by atoms with E-state index in [-0.39, 0.29) is 27.1 Å². The summed E-state index contributed by atoms with van der Waals surface area (Å²) < 4.78 is 24.3. The molecule has 0 unspecified atom stereocenters. The largest absolute Gasteiger partial charge is 0.298 e. The minimum atomic E-state index is -3.45. The summed E-state index contributed by atoms with van der Waals surface area (Å²) in [6, 6.07) is 24.0. The average Bonchev–Trinajstić information content (AvgIpc) is 3.28. The van der Waals surface area contributed by atoms with Crippen LogP contribution < -0.4 is 5.32 Å². The predicted molar refractivity (Wildman–Crippen MR) is 130 cm³/mol. The van der Waals surface area contributed by atoms with Gasteiger partial charge in [-0.3, -0.25) is 14.9 Å². The first-order valence-electron chi connectivity index (χ1n) is 10.2. The second-order valence-corrected chi connectivity index (χ2v) is 10.4. The van der Waals surface area contributed by atoms with Gasteiger partial charge >= 0.3 is 0 Å². The molecule has 0 aliphatic rings. The van der Waals surface area contributed by atoms with E-state index >= 15 is 0 Å². The first-order valence-corrected chi connectivity index (χ1v) is 12.7. The Morgan fingerprint density at radius 3 is 2.18 bits per heavy atom. The summed E-state index contributed by atoms with van der Waals surface area (Å²) in [5.41, 5.74) is 1.95. The van der Waals surface area contributed by atoms with E-state index in [0.29, 0.717) is 16.1 Å². The number of sulfone groups is 1. The highest BCUT2D eigenvalue weighted by Crippen LogP contribution is 2.33. The van der Waals surface area contributed by atoms with Crippen LogP contribution in [0.25, 0.3) is 11.3 Å². The Balaban J connectivity index is 1.69. The van der Waals surface area contributed by atoms with Gasteiger partial charge in [0.1, 0.15) is 4.88 Å². The van der Waals surface area contributed by atoms with Gasteiger partial charge in [0.05, 0.1) is 16.3 Å². The lowest BCUT2D eigenvalue weighted by Crippen LogP contribution is -2.13. The maximum Gasteiger partial charge on any atom is 0.257 e. The molecule has 0 fully saturated rings. The number of carbonyl (C=O) groups is 2. The van der Waals surface area contributed by atoms with E-state index in [1.54, 1.807) is 31.2 Å². The zero-order valence-electron chi connectivity index (χ0n) is 17.7. The van der Waals surface area contributed by atoms with Crippen molar-refractivity contribution in [2.24, 2.45) is 0 Å². The zero-order chi connectivity index (χ0) is 23.4. The maximum atomic E-state index is 13.2. The molecule has 0 atom stereocenters. The molecule has 4 aromatic rings. The number of anilines is 1. The van der Waals surface area contributed by atoms with Crippen LogP contribution in [-0.2, 0) is 9.84 Å². The van der Waals surface area contributed by atoms with Gasteiger partial charge in [-0.05, 0) is 18.2 Å². The van der Waals surface area contributed by atoms with Crippen LogP contribution in [-0.4, -0.2) is 30.8 Å². The summed E-state index contributed by atoms with van der Waals surface area (Å²) in [6.07, 6.45) is 0. The number of rotatable bonds is 7. The SMILES string of the molecule is CCS(=O)(=O)c1cccc(C(=O)Nc2nc(-c3ccccc3)c(C(=O)c3ccccc3)s2)c1. The third kappa shape index (κ3) is 4.92. The van der Waals surface area contributed by atoms with Crippen LogP contribution >= 0.6 is 11.3 Å². The summed E-state index contributed by atoms with van der Waals surface area (Å²) in [7, 11) is -3.45. The normalized spacial score (nSPS) is 11.2. The second-order valence-electron chi connectivity index (χ2n) is 7.14. The maximum absolute atomic E-state index is 13.2. The minimum absolute atomic E-state index is 0.0596. The molecule has 33 heavy (non-hydrogen) atoms. The third-order valence-electron chi connectivity index (χ3n) is 4.97. The predicted octanol–water partition coefficient (Wildman–Crippen LogP) is 5.09. The molecule has 1 aromatic heterocycles. The van der Waals surface area contributed by atoms with E-state index in [2.05, 4.69) is 10.3 Å². The molecule has 0 saturated heterocycles. The number of carbonyl (C=O) groups excluding carboxylic acids is 2. The van der Waals surface area contributed by atoms with Gasteiger partial charge in [0.25, 0.3) is 5.91 Å². The first-order chi connectivity index (χ1) is 15.9. The molecule has 1 heterocycles. The molecule has 1 amide bonds. The standard InChI is InChI=1S/C25H20N2O4S2/c1-2-33(30,31)20-15-9-14-19(16-20)24(29)27-25-26-21(17-10-5-3-6-11-17)23(32-25)22(28)18-12-7-4-8-13-18/h3-16H,2H2,1H3,(H,26,27,29). The number of hydrogen-bond acceptors (Lipinski definition) is 6. The van der Waals surface area contributed by atoms with Crippen LogP contribution in [0, 0.1) is 0 Å². The van der Waals surface area contributed by atoms with Crippen LogP contribution in [0.5, 0.6) is 0 Å². The number of nitrogens with one attached hydrogen (secondary N) is 1. The topological polar surface area (TPSA) is 93.2 Å². The van der Waals surface area contributed by atoms with Crippen molar-refractivity contribution in [3.63, 3.8) is 0 Å². The van der Waals surface area contributed by atoms with Gasteiger partial charge in [0, 0.05) is 16.7 Å². The van der Waals surface area contributed by atoms with E-state index in [0.717, 1.165) is 16.9 Å². The number of amides is 1. The third-order valence-corrected chi connectivity index (χ3v) is 7.67. The molecular weight excluding hydrogens is 456 g/mol. The number of aromatic nitrogens is 1. The smallest absolute Gasteiger partial charge is 0.257 e. The Morgan fingerprint density at radius 2 is 1.52 bits per heavy atom. The molecule has 8 heteroatoms. The molecule has 3 aromatic carbocycles. The summed E-state index contributed by atoms with van der Waals surface area (Å²) in [5, 5.41) is 2.96. The van der Waals surface area contributed by atoms with Gasteiger partial charge in [0.2, 0.25) is 5.78 Å². The van der Waals surface area contributed by atoms with Gasteiger partial charge in [-0.2, -0.15) is 0 Å². The monoisotopic (exact) mass is 476 g/mol. The van der Waals surface area contributed by atoms with Gasteiger partial charge in [-0.1, -0.05) is 85.0 Å². The molecule has 0 radical (unpaired) electrons. The van der Waals surface area contributed by atoms with Crippen LogP contribution in [0.1, 0.15) is 32.5 Å². The summed E-state index contributed by atoms with van der Waals surface area (Å²) in [6.45, 7) is 1.55. The number of nitrogens with zero attached hydrogens (tertiary/aromatic N) is 1. The van der Waals surface area contributed by atoms with Crippen LogP contribution in [0.3, 0.4) is 0 Å². The van der Waals surface area contributed by atoms with E-state index in [1.165, 1.54) is 24.3 Å². The highest BCUT2D eigenvalue weighted by molar-refractivity contribution is 7.91. The van der Waals surface area contributed by atoms with Gasteiger partial charge in [0.15, 0.2) is 15.0 Å². The molecule has 166 valence electrons. The molecule has 1 N–H and O–H groups in total. The molecule has 0 spiro atoms. The molecule has 0 aliphatic carbocycles. The number of benzene rings is 3. The molecule has 0 bridgehead atoms. The molecule has 0 saturated carbocycles. The summed E-state index contributed by atoms with van der Waals surface area (Å²) in [4.78, 5) is 31.1. The quantitative estimate of drug-likeness (QED) is 0.375. The summed E-state index contributed by atoms with van der Waals surface area (Å²) >= 11 is 1.08. The van der Waals surface area contributed by atoms with Crippen molar-refractivity contribution >= 4 is 38.0 Å². The Kier molecular flexibility index (Phi) is 6.48. The molecule has 6 nitrogen and oxygen atoms in total.